The van der Waals surface area contributed by atoms with E-state index in [1.807, 2.05) is 4.90 Å². The van der Waals surface area contributed by atoms with Crippen LogP contribution >= 0.6 is 0 Å². The predicted molar refractivity (Wildman–Crippen MR) is 123 cm³/mol. The molecule has 1 N–H and O–H groups in total. The Labute approximate surface area is 180 Å². The molecule has 1 aliphatic heterocycles. The van der Waals surface area contributed by atoms with Crippen LogP contribution in [0.2, 0.25) is 0 Å². The average molecular weight is 412 g/mol. The smallest absolute Gasteiger partial charge is 0.225 e. The van der Waals surface area contributed by atoms with Crippen molar-refractivity contribution in [2.45, 2.75) is 25.3 Å². The third kappa shape index (κ3) is 3.32. The summed E-state index contributed by atoms with van der Waals surface area (Å²) in [6.07, 6.45) is 8.66. The summed E-state index contributed by atoms with van der Waals surface area (Å²) >= 11 is 0. The van der Waals surface area contributed by atoms with Crippen LogP contribution in [0.3, 0.4) is 0 Å². The Bertz CT molecular complexity index is 1310. The molecule has 4 aromatic rings. The number of fused-ring (bicyclic) bond motifs is 2. The standard InChI is InChI=1S/C25H25N5O/c1-29-10-6-16-2-5-18(12-23(16)29)21-13-20(14-22-24(21)27-9-8-26-22)28-19-7-11-30(15-19)25(31)17-3-4-17/h2,5-6,8-10,12-14,17,19,28H,3-4,7,11,15H2,1H3. The largest absolute Gasteiger partial charge is 0.380 e. The van der Waals surface area contributed by atoms with Gasteiger partial charge in [0.25, 0.3) is 0 Å². The summed E-state index contributed by atoms with van der Waals surface area (Å²) in [6, 6.07) is 13.2. The summed E-state index contributed by atoms with van der Waals surface area (Å²) in [6.45, 7) is 1.62. The molecule has 3 heterocycles. The number of nitrogens with one attached hydrogen (secondary N) is 1. The fraction of sp³-hybridized carbons (Fsp3) is 0.320. The van der Waals surface area contributed by atoms with Crippen molar-refractivity contribution in [2.75, 3.05) is 18.4 Å². The van der Waals surface area contributed by atoms with E-state index in [9.17, 15) is 4.79 Å². The van der Waals surface area contributed by atoms with Crippen molar-refractivity contribution in [1.82, 2.24) is 19.4 Å². The zero-order valence-electron chi connectivity index (χ0n) is 17.6. The number of nitrogens with zero attached hydrogens (tertiary/aromatic N) is 4. The summed E-state index contributed by atoms with van der Waals surface area (Å²) < 4.78 is 2.14. The van der Waals surface area contributed by atoms with Gasteiger partial charge in [-0.3, -0.25) is 14.8 Å². The van der Waals surface area contributed by atoms with Gasteiger partial charge in [-0.25, -0.2) is 0 Å². The maximum atomic E-state index is 12.4. The number of amides is 1. The minimum atomic E-state index is 0.264. The van der Waals surface area contributed by atoms with Crippen molar-refractivity contribution in [3.8, 4) is 11.1 Å². The topological polar surface area (TPSA) is 63.1 Å². The SMILES string of the molecule is Cn1ccc2ccc(-c3cc(NC4CCN(C(=O)C5CC5)C4)cc4nccnc34)cc21. The molecule has 1 atom stereocenters. The van der Waals surface area contributed by atoms with E-state index in [0.717, 1.165) is 60.2 Å². The molecular formula is C25H25N5O. The van der Waals surface area contributed by atoms with E-state index in [1.54, 1.807) is 12.4 Å². The second-order valence-corrected chi connectivity index (χ2v) is 8.84. The number of aromatic nitrogens is 3. The molecule has 2 aromatic heterocycles. The lowest BCUT2D eigenvalue weighted by Crippen LogP contribution is -2.32. The zero-order chi connectivity index (χ0) is 20.9. The van der Waals surface area contributed by atoms with Crippen molar-refractivity contribution in [2.24, 2.45) is 13.0 Å². The summed E-state index contributed by atoms with van der Waals surface area (Å²) in [5.41, 5.74) is 6.19. The molecule has 6 nitrogen and oxygen atoms in total. The van der Waals surface area contributed by atoms with Gasteiger partial charge >= 0.3 is 0 Å². The normalized spacial score (nSPS) is 18.7. The average Bonchev–Trinajstić information content (AvgIpc) is 3.44. The number of hydrogen-bond acceptors (Lipinski definition) is 4. The number of aryl methyl sites for hydroxylation is 1. The van der Waals surface area contributed by atoms with Gasteiger partial charge in [-0.2, -0.15) is 0 Å². The highest BCUT2D eigenvalue weighted by molar-refractivity contribution is 5.97. The van der Waals surface area contributed by atoms with Gasteiger partial charge < -0.3 is 14.8 Å². The van der Waals surface area contributed by atoms with Gasteiger partial charge in [0.1, 0.15) is 0 Å². The van der Waals surface area contributed by atoms with E-state index < -0.39 is 0 Å². The van der Waals surface area contributed by atoms with Crippen molar-refractivity contribution >= 4 is 33.5 Å². The highest BCUT2D eigenvalue weighted by Gasteiger charge is 2.36. The zero-order valence-corrected chi connectivity index (χ0v) is 17.6. The van der Waals surface area contributed by atoms with Crippen LogP contribution in [-0.4, -0.2) is 44.5 Å². The number of likely N-dealkylation sites (tertiary alicyclic amines) is 1. The van der Waals surface area contributed by atoms with Crippen molar-refractivity contribution in [3.05, 3.63) is 55.0 Å². The molecular weight excluding hydrogens is 386 g/mol. The quantitative estimate of drug-likeness (QED) is 0.546. The van der Waals surface area contributed by atoms with Gasteiger partial charge in [0.05, 0.1) is 11.0 Å². The van der Waals surface area contributed by atoms with Gasteiger partial charge in [0.15, 0.2) is 0 Å². The number of anilines is 1. The van der Waals surface area contributed by atoms with Crippen LogP contribution in [0.5, 0.6) is 0 Å². The first-order valence-corrected chi connectivity index (χ1v) is 11.0. The summed E-state index contributed by atoms with van der Waals surface area (Å²) in [4.78, 5) is 23.6. The summed E-state index contributed by atoms with van der Waals surface area (Å²) in [7, 11) is 2.07. The van der Waals surface area contributed by atoms with Crippen molar-refractivity contribution < 1.29 is 4.79 Å². The highest BCUT2D eigenvalue weighted by Crippen LogP contribution is 2.34. The lowest BCUT2D eigenvalue weighted by molar-refractivity contribution is -0.131. The highest BCUT2D eigenvalue weighted by atomic mass is 16.2. The first kappa shape index (κ1) is 18.4. The Balaban J connectivity index is 1.35. The van der Waals surface area contributed by atoms with Gasteiger partial charge in [0, 0.05) is 67.5 Å². The lowest BCUT2D eigenvalue weighted by Gasteiger charge is -2.18. The Morgan fingerprint density at radius 1 is 1.06 bits per heavy atom. The Morgan fingerprint density at radius 2 is 1.94 bits per heavy atom. The predicted octanol–water partition coefficient (Wildman–Crippen LogP) is 4.21. The molecule has 1 unspecified atom stereocenters. The molecule has 1 saturated heterocycles. The summed E-state index contributed by atoms with van der Waals surface area (Å²) in [5, 5.41) is 4.89. The second-order valence-electron chi connectivity index (χ2n) is 8.84. The third-order valence-corrected chi connectivity index (χ3v) is 6.57. The van der Waals surface area contributed by atoms with Crippen LogP contribution in [0.15, 0.2) is 55.0 Å². The van der Waals surface area contributed by atoms with E-state index in [1.165, 1.54) is 10.9 Å². The van der Waals surface area contributed by atoms with Gasteiger partial charge in [-0.15, -0.1) is 0 Å². The van der Waals surface area contributed by atoms with Gasteiger partial charge in [-0.05, 0) is 54.5 Å². The van der Waals surface area contributed by atoms with Crippen LogP contribution in [0.4, 0.5) is 5.69 Å². The maximum absolute atomic E-state index is 12.4. The second kappa shape index (κ2) is 7.08. The monoisotopic (exact) mass is 411 g/mol. The van der Waals surface area contributed by atoms with E-state index >= 15 is 0 Å². The molecule has 156 valence electrons. The third-order valence-electron chi connectivity index (χ3n) is 6.57. The van der Waals surface area contributed by atoms with E-state index in [4.69, 9.17) is 0 Å². The molecule has 2 aromatic carbocycles. The fourth-order valence-electron chi connectivity index (χ4n) is 4.71. The van der Waals surface area contributed by atoms with E-state index in [-0.39, 0.29) is 12.0 Å². The molecule has 0 radical (unpaired) electrons. The van der Waals surface area contributed by atoms with E-state index in [2.05, 4.69) is 69.5 Å². The van der Waals surface area contributed by atoms with Gasteiger partial charge in [0.2, 0.25) is 5.91 Å². The van der Waals surface area contributed by atoms with Crippen LogP contribution in [-0.2, 0) is 11.8 Å². The lowest BCUT2D eigenvalue weighted by atomic mass is 10.0. The van der Waals surface area contributed by atoms with Crippen LogP contribution in [0, 0.1) is 5.92 Å². The number of hydrogen-bond donors (Lipinski definition) is 1. The van der Waals surface area contributed by atoms with E-state index in [0.29, 0.717) is 5.91 Å². The van der Waals surface area contributed by atoms with Gasteiger partial charge in [-0.1, -0.05) is 12.1 Å². The molecule has 1 aliphatic carbocycles. The number of rotatable bonds is 4. The molecule has 2 fully saturated rings. The first-order valence-electron chi connectivity index (χ1n) is 11.0. The molecule has 2 aliphatic rings. The minimum absolute atomic E-state index is 0.264. The maximum Gasteiger partial charge on any atom is 0.225 e. The van der Waals surface area contributed by atoms with Crippen LogP contribution in [0.1, 0.15) is 19.3 Å². The van der Waals surface area contributed by atoms with Crippen LogP contribution in [0.25, 0.3) is 33.1 Å². The molecule has 0 bridgehead atoms. The van der Waals surface area contributed by atoms with Crippen molar-refractivity contribution in [3.63, 3.8) is 0 Å². The molecule has 6 heteroatoms. The Hall–Kier alpha value is -3.41. The first-order chi connectivity index (χ1) is 15.2. The fourth-order valence-corrected chi connectivity index (χ4v) is 4.71. The summed E-state index contributed by atoms with van der Waals surface area (Å²) in [5.74, 6) is 0.624. The minimum Gasteiger partial charge on any atom is -0.380 e. The van der Waals surface area contributed by atoms with Crippen molar-refractivity contribution in [1.29, 1.82) is 0 Å². The number of carbonyl (C=O) groups excluding carboxylic acids is 1. The molecule has 6 rings (SSSR count). The molecule has 31 heavy (non-hydrogen) atoms. The molecule has 1 saturated carbocycles. The van der Waals surface area contributed by atoms with Crippen LogP contribution < -0.4 is 5.32 Å². The number of carbonyl (C=O) groups is 1. The number of benzene rings is 2. The Kier molecular flexibility index (Phi) is 4.19. The molecule has 0 spiro atoms. The molecule has 1 amide bonds. The Morgan fingerprint density at radius 3 is 2.81 bits per heavy atom.